The predicted molar refractivity (Wildman–Crippen MR) is 35.3 cm³/mol. The maximum absolute atomic E-state index is 11.8. The monoisotopic (exact) mass is 183 g/mol. The fourth-order valence-corrected chi connectivity index (χ4v) is 0.653. The van der Waals surface area contributed by atoms with Gasteiger partial charge in [-0.3, -0.25) is 0 Å². The third-order valence-corrected chi connectivity index (χ3v) is 1.32. The molecule has 0 aromatic carbocycles. The van der Waals surface area contributed by atoms with E-state index in [1.54, 1.807) is 0 Å². The van der Waals surface area contributed by atoms with Gasteiger partial charge in [0.1, 0.15) is 0 Å². The highest BCUT2D eigenvalue weighted by molar-refractivity contribution is 4.80. The van der Waals surface area contributed by atoms with Crippen molar-refractivity contribution in [3.8, 4) is 0 Å². The first kappa shape index (κ1) is 11.1. The molecule has 7 heteroatoms. The lowest BCUT2D eigenvalue weighted by molar-refractivity contribution is -0.209. The summed E-state index contributed by atoms with van der Waals surface area (Å²) in [6, 6.07) is -1.44. The van der Waals surface area contributed by atoms with Gasteiger partial charge in [0.05, 0.1) is 6.04 Å². The van der Waals surface area contributed by atoms with Gasteiger partial charge in [-0.15, -0.1) is 0 Å². The van der Waals surface area contributed by atoms with Crippen LogP contribution in [-0.2, 0) is 0 Å². The molecule has 0 aliphatic heterocycles. The summed E-state index contributed by atoms with van der Waals surface area (Å²) in [5.41, 5.74) is 7.86. The highest BCUT2D eigenvalue weighted by Gasteiger charge is 2.42. The van der Waals surface area contributed by atoms with E-state index in [1.807, 2.05) is 0 Å². The molecule has 12 heavy (non-hydrogen) atoms. The van der Waals surface area contributed by atoms with E-state index in [0.717, 1.165) is 0 Å². The molecule has 0 rings (SSSR count). The van der Waals surface area contributed by atoms with Gasteiger partial charge in [-0.1, -0.05) is 12.0 Å². The lowest BCUT2D eigenvalue weighted by Crippen LogP contribution is -2.38. The molecule has 0 spiro atoms. The zero-order chi connectivity index (χ0) is 9.78. The first-order chi connectivity index (χ1) is 5.43. The molecule has 0 radical (unpaired) electrons. The van der Waals surface area contributed by atoms with Crippen molar-refractivity contribution < 1.29 is 18.3 Å². The van der Waals surface area contributed by atoms with Crippen LogP contribution in [0.15, 0.2) is 5.11 Å². The number of alkyl halides is 3. The molecule has 2 atom stereocenters. The molecule has 70 valence electrons. The Morgan fingerprint density at radius 2 is 2.08 bits per heavy atom. The summed E-state index contributed by atoms with van der Waals surface area (Å²) < 4.78 is 35.3. The molecule has 0 aromatic rings. The summed E-state index contributed by atoms with van der Waals surface area (Å²) in [4.78, 5) is 2.21. The van der Waals surface area contributed by atoms with E-state index >= 15 is 0 Å². The Labute approximate surface area is 66.6 Å². The van der Waals surface area contributed by atoms with Crippen molar-refractivity contribution in [1.29, 1.82) is 0 Å². The lowest BCUT2D eigenvalue weighted by atomic mass is 10.1. The largest absolute Gasteiger partial charge is 0.414 e. The molecule has 0 amide bonds. The second kappa shape index (κ2) is 4.18. The number of hydrogen-bond acceptors (Lipinski definition) is 2. The molecule has 2 unspecified atom stereocenters. The van der Waals surface area contributed by atoms with Crippen molar-refractivity contribution in [3.63, 3.8) is 0 Å². The van der Waals surface area contributed by atoms with Crippen LogP contribution in [0.5, 0.6) is 0 Å². The number of aliphatic hydroxyl groups is 1. The fourth-order valence-electron chi connectivity index (χ4n) is 0.653. The first-order valence-electron chi connectivity index (χ1n) is 3.22. The Kier molecular flexibility index (Phi) is 3.85. The Hall–Kier alpha value is -0.940. The van der Waals surface area contributed by atoms with Gasteiger partial charge < -0.3 is 5.11 Å². The van der Waals surface area contributed by atoms with Gasteiger partial charge in [0.25, 0.3) is 0 Å². The van der Waals surface area contributed by atoms with Crippen LogP contribution in [0.25, 0.3) is 10.4 Å². The Balaban J connectivity index is 4.41. The maximum Gasteiger partial charge on any atom is 0.414 e. The molecule has 0 heterocycles. The number of aliphatic hydroxyl groups excluding tert-OH is 1. The summed E-state index contributed by atoms with van der Waals surface area (Å²) in [7, 11) is 0. The Morgan fingerprint density at radius 1 is 1.58 bits per heavy atom. The lowest BCUT2D eigenvalue weighted by Gasteiger charge is -2.19. The molecule has 0 saturated carbocycles. The zero-order valence-corrected chi connectivity index (χ0v) is 6.28. The molecule has 0 aliphatic carbocycles. The third kappa shape index (κ3) is 2.98. The number of hydrogen-bond donors (Lipinski definition) is 1. The molecule has 0 aromatic heterocycles. The quantitative estimate of drug-likeness (QED) is 0.405. The van der Waals surface area contributed by atoms with E-state index in [1.165, 1.54) is 6.92 Å². The topological polar surface area (TPSA) is 69.0 Å². The van der Waals surface area contributed by atoms with Crippen LogP contribution in [-0.4, -0.2) is 23.4 Å². The molecule has 0 aliphatic rings. The van der Waals surface area contributed by atoms with Crippen molar-refractivity contribution in [3.05, 3.63) is 10.4 Å². The average Bonchev–Trinajstić information content (AvgIpc) is 1.97. The minimum Gasteiger partial charge on any atom is -0.383 e. The summed E-state index contributed by atoms with van der Waals surface area (Å²) in [6.07, 6.45) is -7.35. The third-order valence-electron chi connectivity index (χ3n) is 1.32. The van der Waals surface area contributed by atoms with E-state index in [4.69, 9.17) is 10.6 Å². The molecular weight excluding hydrogens is 175 g/mol. The maximum atomic E-state index is 11.8. The van der Waals surface area contributed by atoms with Crippen LogP contribution in [0.1, 0.15) is 13.3 Å². The van der Waals surface area contributed by atoms with Crippen molar-refractivity contribution in [2.75, 3.05) is 0 Å². The normalized spacial score (nSPS) is 16.4. The van der Waals surface area contributed by atoms with Crippen LogP contribution < -0.4 is 0 Å². The SMILES string of the molecule is CCC(N=[N+]=[N-])C(O)C(F)(F)F. The zero-order valence-electron chi connectivity index (χ0n) is 6.28. The summed E-state index contributed by atoms with van der Waals surface area (Å²) in [5.74, 6) is 0. The summed E-state index contributed by atoms with van der Waals surface area (Å²) in [6.45, 7) is 1.40. The minimum absolute atomic E-state index is 0.0509. The molecule has 0 saturated heterocycles. The molecule has 1 N–H and O–H groups in total. The Morgan fingerprint density at radius 3 is 2.33 bits per heavy atom. The van der Waals surface area contributed by atoms with Gasteiger partial charge in [-0.2, -0.15) is 13.2 Å². The van der Waals surface area contributed by atoms with E-state index in [-0.39, 0.29) is 6.42 Å². The van der Waals surface area contributed by atoms with Crippen LogP contribution in [0.2, 0.25) is 0 Å². The summed E-state index contributed by atoms with van der Waals surface area (Å²) in [5, 5.41) is 11.4. The van der Waals surface area contributed by atoms with E-state index in [2.05, 4.69) is 10.0 Å². The van der Waals surface area contributed by atoms with Crippen LogP contribution in [0.3, 0.4) is 0 Å². The predicted octanol–water partition coefficient (Wildman–Crippen LogP) is 2.00. The van der Waals surface area contributed by atoms with Crippen molar-refractivity contribution in [2.45, 2.75) is 31.7 Å². The molecule has 4 nitrogen and oxygen atoms in total. The second-order valence-corrected chi connectivity index (χ2v) is 2.17. The molecule has 0 bridgehead atoms. The number of azide groups is 1. The van der Waals surface area contributed by atoms with E-state index < -0.39 is 18.3 Å². The number of halogens is 3. The summed E-state index contributed by atoms with van der Waals surface area (Å²) >= 11 is 0. The van der Waals surface area contributed by atoms with Gasteiger partial charge in [0.15, 0.2) is 6.10 Å². The van der Waals surface area contributed by atoms with E-state index in [0.29, 0.717) is 0 Å². The first-order valence-corrected chi connectivity index (χ1v) is 3.22. The second-order valence-electron chi connectivity index (χ2n) is 2.17. The van der Waals surface area contributed by atoms with Crippen LogP contribution in [0.4, 0.5) is 13.2 Å². The van der Waals surface area contributed by atoms with Crippen molar-refractivity contribution >= 4 is 0 Å². The highest BCUT2D eigenvalue weighted by atomic mass is 19.4. The minimum atomic E-state index is -4.73. The average molecular weight is 183 g/mol. The van der Waals surface area contributed by atoms with E-state index in [9.17, 15) is 13.2 Å². The van der Waals surface area contributed by atoms with Crippen LogP contribution in [0, 0.1) is 0 Å². The van der Waals surface area contributed by atoms with Gasteiger partial charge in [0, 0.05) is 4.91 Å². The van der Waals surface area contributed by atoms with Gasteiger partial charge in [0.2, 0.25) is 0 Å². The number of nitrogens with zero attached hydrogens (tertiary/aromatic N) is 3. The van der Waals surface area contributed by atoms with Gasteiger partial charge in [-0.25, -0.2) is 0 Å². The molecule has 0 fully saturated rings. The fraction of sp³-hybridized carbons (Fsp3) is 1.00. The standard InChI is InChI=1S/C5H8F3N3O/c1-2-3(10-11-9)4(12)5(6,7)8/h3-4,12H,2H2,1H3. The van der Waals surface area contributed by atoms with Crippen LogP contribution >= 0.6 is 0 Å². The molecular formula is C5H8F3N3O. The smallest absolute Gasteiger partial charge is 0.383 e. The van der Waals surface area contributed by atoms with Crippen molar-refractivity contribution in [1.82, 2.24) is 0 Å². The van der Waals surface area contributed by atoms with Gasteiger partial charge >= 0.3 is 6.18 Å². The highest BCUT2D eigenvalue weighted by Crippen LogP contribution is 2.25. The number of rotatable bonds is 3. The van der Waals surface area contributed by atoms with Crippen molar-refractivity contribution in [2.24, 2.45) is 5.11 Å². The van der Waals surface area contributed by atoms with Gasteiger partial charge in [-0.05, 0) is 12.0 Å². The Bertz CT molecular complexity index is 187.